The zero-order valence-electron chi connectivity index (χ0n) is 15.2. The topological polar surface area (TPSA) is 77.1 Å². The third kappa shape index (κ3) is 4.09. The summed E-state index contributed by atoms with van der Waals surface area (Å²) in [6, 6.07) is 8.43. The van der Waals surface area contributed by atoms with Crippen molar-refractivity contribution in [1.82, 2.24) is 0 Å². The minimum Gasteiger partial charge on any atom is -0.495 e. The molecule has 0 spiro atoms. The van der Waals surface area contributed by atoms with Gasteiger partial charge in [-0.3, -0.25) is 9.59 Å². The van der Waals surface area contributed by atoms with Gasteiger partial charge in [-0.2, -0.15) is 0 Å². The first-order valence-electron chi connectivity index (χ1n) is 8.20. The lowest BCUT2D eigenvalue weighted by molar-refractivity contribution is -0.120. The summed E-state index contributed by atoms with van der Waals surface area (Å²) < 4.78 is 15.9. The van der Waals surface area contributed by atoms with Crippen molar-refractivity contribution in [3.8, 4) is 17.2 Å². The second-order valence-electron chi connectivity index (χ2n) is 5.99. The van der Waals surface area contributed by atoms with Gasteiger partial charge < -0.3 is 24.4 Å². The second kappa shape index (κ2) is 7.75. The van der Waals surface area contributed by atoms with E-state index in [2.05, 4.69) is 5.32 Å². The minimum absolute atomic E-state index is 0.134. The van der Waals surface area contributed by atoms with Gasteiger partial charge in [0.25, 0.3) is 0 Å². The van der Waals surface area contributed by atoms with E-state index >= 15 is 0 Å². The Morgan fingerprint density at radius 2 is 1.96 bits per heavy atom. The van der Waals surface area contributed by atoms with E-state index in [1.807, 2.05) is 6.92 Å². The van der Waals surface area contributed by atoms with E-state index in [1.54, 1.807) is 30.3 Å². The molecule has 3 rings (SSSR count). The molecule has 1 heterocycles. The highest BCUT2D eigenvalue weighted by Gasteiger charge is 2.21. The summed E-state index contributed by atoms with van der Waals surface area (Å²) in [5.41, 5.74) is 1.83. The van der Waals surface area contributed by atoms with Crippen molar-refractivity contribution in [1.29, 1.82) is 0 Å². The van der Waals surface area contributed by atoms with Crippen molar-refractivity contribution >= 4 is 34.8 Å². The minimum atomic E-state index is -0.372. The lowest BCUT2D eigenvalue weighted by Crippen LogP contribution is -2.36. The number of nitrogens with zero attached hydrogens (tertiary/aromatic N) is 1. The van der Waals surface area contributed by atoms with Gasteiger partial charge in [0.2, 0.25) is 18.6 Å². The Balaban J connectivity index is 1.79. The molecule has 27 heavy (non-hydrogen) atoms. The van der Waals surface area contributed by atoms with Crippen molar-refractivity contribution in [3.05, 3.63) is 40.9 Å². The third-order valence-corrected chi connectivity index (χ3v) is 4.51. The predicted octanol–water partition coefficient (Wildman–Crippen LogP) is 3.38. The number of halogens is 1. The molecule has 2 amide bonds. The summed E-state index contributed by atoms with van der Waals surface area (Å²) in [6.07, 6.45) is 0. The first-order valence-corrected chi connectivity index (χ1v) is 8.58. The lowest BCUT2D eigenvalue weighted by Gasteiger charge is -2.21. The molecule has 1 aliphatic heterocycles. The molecule has 0 aliphatic carbocycles. The van der Waals surface area contributed by atoms with Crippen LogP contribution in [0.15, 0.2) is 30.3 Å². The predicted molar refractivity (Wildman–Crippen MR) is 102 cm³/mol. The summed E-state index contributed by atoms with van der Waals surface area (Å²) in [5.74, 6) is 0.935. The van der Waals surface area contributed by atoms with Crippen LogP contribution in [0.1, 0.15) is 12.5 Å². The van der Waals surface area contributed by atoms with Gasteiger partial charge in [0.05, 0.1) is 12.8 Å². The van der Waals surface area contributed by atoms with Gasteiger partial charge in [0, 0.05) is 29.8 Å². The molecule has 1 aliphatic rings. The van der Waals surface area contributed by atoms with Crippen LogP contribution < -0.4 is 24.4 Å². The fraction of sp³-hybridized carbons (Fsp3) is 0.263. The highest BCUT2D eigenvalue weighted by atomic mass is 35.5. The number of hydrogen-bond acceptors (Lipinski definition) is 5. The number of rotatable bonds is 5. The number of benzene rings is 2. The van der Waals surface area contributed by atoms with E-state index in [4.69, 9.17) is 25.8 Å². The van der Waals surface area contributed by atoms with Gasteiger partial charge in [-0.05, 0) is 30.7 Å². The average Bonchev–Trinajstić information content (AvgIpc) is 3.10. The van der Waals surface area contributed by atoms with Crippen LogP contribution in [-0.2, 0) is 9.59 Å². The van der Waals surface area contributed by atoms with Crippen LogP contribution in [0.5, 0.6) is 17.2 Å². The normalized spacial score (nSPS) is 11.9. The van der Waals surface area contributed by atoms with Gasteiger partial charge in [-0.1, -0.05) is 11.6 Å². The van der Waals surface area contributed by atoms with Gasteiger partial charge >= 0.3 is 0 Å². The number of methoxy groups -OCH3 is 1. The molecule has 0 atom stereocenters. The Hall–Kier alpha value is -2.93. The van der Waals surface area contributed by atoms with E-state index in [0.29, 0.717) is 33.6 Å². The summed E-state index contributed by atoms with van der Waals surface area (Å²) >= 11 is 6.09. The van der Waals surface area contributed by atoms with Crippen LogP contribution in [0, 0.1) is 6.92 Å². The molecule has 0 saturated heterocycles. The first kappa shape index (κ1) is 18.8. The van der Waals surface area contributed by atoms with Crippen molar-refractivity contribution in [3.63, 3.8) is 0 Å². The number of ether oxygens (including phenoxy) is 3. The number of carbonyl (C=O) groups excluding carboxylic acids is 2. The molecule has 0 unspecified atom stereocenters. The van der Waals surface area contributed by atoms with E-state index < -0.39 is 0 Å². The standard InChI is InChI=1S/C19H19ClN2O5/c1-11-6-15(17(25-3)8-14(11)20)21-19(24)9-22(12(2)23)13-4-5-16-18(7-13)27-10-26-16/h4-8H,9-10H2,1-3H3,(H,21,24). The molecule has 2 aromatic rings. The van der Waals surface area contributed by atoms with E-state index in [-0.39, 0.29) is 25.2 Å². The zero-order valence-corrected chi connectivity index (χ0v) is 15.9. The van der Waals surface area contributed by atoms with E-state index in [9.17, 15) is 9.59 Å². The molecule has 0 fully saturated rings. The largest absolute Gasteiger partial charge is 0.495 e. The van der Waals surface area contributed by atoms with Crippen LogP contribution in [0.3, 0.4) is 0 Å². The molecular weight excluding hydrogens is 372 g/mol. The molecule has 1 N–H and O–H groups in total. The van der Waals surface area contributed by atoms with Gasteiger partial charge in [-0.15, -0.1) is 0 Å². The van der Waals surface area contributed by atoms with E-state index in [1.165, 1.54) is 18.9 Å². The maximum absolute atomic E-state index is 12.5. The molecule has 0 saturated carbocycles. The third-order valence-electron chi connectivity index (χ3n) is 4.10. The summed E-state index contributed by atoms with van der Waals surface area (Å²) in [7, 11) is 1.49. The number of anilines is 2. The smallest absolute Gasteiger partial charge is 0.244 e. The number of carbonyl (C=O) groups is 2. The monoisotopic (exact) mass is 390 g/mol. The molecule has 0 aromatic heterocycles. The second-order valence-corrected chi connectivity index (χ2v) is 6.40. The Morgan fingerprint density at radius 3 is 2.67 bits per heavy atom. The molecule has 2 aromatic carbocycles. The van der Waals surface area contributed by atoms with Crippen LogP contribution >= 0.6 is 11.6 Å². The summed E-state index contributed by atoms with van der Waals surface area (Å²) in [5, 5.41) is 3.30. The molecular formula is C19H19ClN2O5. The number of hydrogen-bond donors (Lipinski definition) is 1. The Morgan fingerprint density at radius 1 is 1.22 bits per heavy atom. The van der Waals surface area contributed by atoms with Crippen molar-refractivity contribution in [2.75, 3.05) is 30.7 Å². The fourth-order valence-corrected chi connectivity index (χ4v) is 2.85. The lowest BCUT2D eigenvalue weighted by atomic mass is 10.2. The van der Waals surface area contributed by atoms with Crippen molar-refractivity contribution < 1.29 is 23.8 Å². The molecule has 7 nitrogen and oxygen atoms in total. The maximum Gasteiger partial charge on any atom is 0.244 e. The Labute approximate surface area is 161 Å². The maximum atomic E-state index is 12.5. The summed E-state index contributed by atoms with van der Waals surface area (Å²) in [4.78, 5) is 26.0. The fourth-order valence-electron chi connectivity index (χ4n) is 2.70. The molecule has 0 radical (unpaired) electrons. The van der Waals surface area contributed by atoms with Crippen LogP contribution in [0.4, 0.5) is 11.4 Å². The zero-order chi connectivity index (χ0) is 19.6. The Bertz CT molecular complexity index is 900. The SMILES string of the molecule is COc1cc(Cl)c(C)cc1NC(=O)CN(C(C)=O)c1ccc2c(c1)OCO2. The molecule has 0 bridgehead atoms. The van der Waals surface area contributed by atoms with Gasteiger partial charge in [0.1, 0.15) is 12.3 Å². The molecule has 142 valence electrons. The van der Waals surface area contributed by atoms with Gasteiger partial charge in [0.15, 0.2) is 11.5 Å². The van der Waals surface area contributed by atoms with Crippen LogP contribution in [-0.4, -0.2) is 32.3 Å². The number of fused-ring (bicyclic) bond motifs is 1. The molecule has 8 heteroatoms. The average molecular weight is 391 g/mol. The summed E-state index contributed by atoms with van der Waals surface area (Å²) in [6.45, 7) is 3.19. The van der Waals surface area contributed by atoms with Gasteiger partial charge in [-0.25, -0.2) is 0 Å². The van der Waals surface area contributed by atoms with Crippen molar-refractivity contribution in [2.24, 2.45) is 0 Å². The van der Waals surface area contributed by atoms with Crippen molar-refractivity contribution in [2.45, 2.75) is 13.8 Å². The van der Waals surface area contributed by atoms with Crippen LogP contribution in [0.2, 0.25) is 5.02 Å². The highest BCUT2D eigenvalue weighted by molar-refractivity contribution is 6.31. The number of nitrogens with one attached hydrogen (secondary N) is 1. The van der Waals surface area contributed by atoms with Crippen LogP contribution in [0.25, 0.3) is 0 Å². The Kier molecular flexibility index (Phi) is 5.41. The van der Waals surface area contributed by atoms with E-state index in [0.717, 1.165) is 5.56 Å². The first-order chi connectivity index (χ1) is 12.9. The quantitative estimate of drug-likeness (QED) is 0.846. The number of amides is 2. The number of aryl methyl sites for hydroxylation is 1. The highest BCUT2D eigenvalue weighted by Crippen LogP contribution is 2.35.